The van der Waals surface area contributed by atoms with Gasteiger partial charge >= 0.3 is 0 Å². The quantitative estimate of drug-likeness (QED) is 0.654. The zero-order valence-electron chi connectivity index (χ0n) is 19.3. The molecule has 1 aliphatic carbocycles. The molecule has 0 bridgehead atoms. The summed E-state index contributed by atoms with van der Waals surface area (Å²) in [6.45, 7) is 4.89. The summed E-state index contributed by atoms with van der Waals surface area (Å²) in [6.07, 6.45) is 7.31. The summed E-state index contributed by atoms with van der Waals surface area (Å²) in [5.41, 5.74) is -1.27. The van der Waals surface area contributed by atoms with E-state index in [1.54, 1.807) is 53.0 Å². The highest BCUT2D eigenvalue weighted by molar-refractivity contribution is 6.01. The fraction of sp³-hybridized carbons (Fsp3) is 0.565. The summed E-state index contributed by atoms with van der Waals surface area (Å²) < 4.78 is 1.58. The number of amides is 2. The van der Waals surface area contributed by atoms with Crippen LogP contribution in [0.15, 0.2) is 24.7 Å². The van der Waals surface area contributed by atoms with Gasteiger partial charge in [-0.25, -0.2) is 4.98 Å². The van der Waals surface area contributed by atoms with Crippen molar-refractivity contribution in [2.24, 2.45) is 11.3 Å². The van der Waals surface area contributed by atoms with Crippen molar-refractivity contribution in [1.82, 2.24) is 24.6 Å². The van der Waals surface area contributed by atoms with Crippen molar-refractivity contribution in [1.29, 1.82) is 5.26 Å². The van der Waals surface area contributed by atoms with Crippen LogP contribution in [0.2, 0.25) is 0 Å². The summed E-state index contributed by atoms with van der Waals surface area (Å²) in [7, 11) is 0. The first kappa shape index (κ1) is 22.3. The fourth-order valence-corrected chi connectivity index (χ4v) is 4.90. The third-order valence-electron chi connectivity index (χ3n) is 7.13. The van der Waals surface area contributed by atoms with Crippen LogP contribution in [0.4, 0.5) is 17.5 Å². The molecule has 2 amide bonds. The highest BCUT2D eigenvalue weighted by atomic mass is 16.3. The van der Waals surface area contributed by atoms with E-state index in [2.05, 4.69) is 26.5 Å². The van der Waals surface area contributed by atoms with Gasteiger partial charge in [0.05, 0.1) is 24.1 Å². The van der Waals surface area contributed by atoms with Crippen LogP contribution in [0.5, 0.6) is 0 Å². The van der Waals surface area contributed by atoms with Gasteiger partial charge in [-0.3, -0.25) is 19.2 Å². The Morgan fingerprint density at radius 3 is 2.79 bits per heavy atom. The molecule has 0 unspecified atom stereocenters. The van der Waals surface area contributed by atoms with Crippen molar-refractivity contribution < 1.29 is 14.7 Å². The average Bonchev–Trinajstić information content (AvgIpc) is 3.24. The number of aromatic nitrogens is 4. The lowest BCUT2D eigenvalue weighted by Crippen LogP contribution is -2.46. The van der Waals surface area contributed by atoms with Crippen molar-refractivity contribution in [2.45, 2.75) is 51.2 Å². The first-order valence-corrected chi connectivity index (χ1v) is 11.6. The molecule has 2 saturated heterocycles. The Hall–Kier alpha value is -3.52. The molecule has 3 aliphatic rings. The molecule has 2 aliphatic heterocycles. The molecular formula is C23H28N8O3. The van der Waals surface area contributed by atoms with Gasteiger partial charge in [0.15, 0.2) is 0 Å². The molecule has 11 nitrogen and oxygen atoms in total. The van der Waals surface area contributed by atoms with Crippen LogP contribution < -0.4 is 10.2 Å². The monoisotopic (exact) mass is 464 g/mol. The van der Waals surface area contributed by atoms with E-state index in [0.717, 1.165) is 12.8 Å². The molecule has 2 atom stereocenters. The van der Waals surface area contributed by atoms with E-state index in [9.17, 15) is 20.0 Å². The number of likely N-dealkylation sites (tertiary alicyclic amines) is 1. The molecule has 0 radical (unpaired) electrons. The van der Waals surface area contributed by atoms with Gasteiger partial charge in [0.25, 0.3) is 0 Å². The fourth-order valence-electron chi connectivity index (χ4n) is 4.90. The lowest BCUT2D eigenvalue weighted by molar-refractivity contribution is -0.139. The SMILES string of the molecule is CC(C)(C(=O)N1CC[C@@H](O)C1)n1cc(Nc2nccc(N3CC[C@@](C#N)(C4CC4)C3=O)n2)cn1. The van der Waals surface area contributed by atoms with Crippen LogP contribution in [0.3, 0.4) is 0 Å². The van der Waals surface area contributed by atoms with Gasteiger partial charge in [-0.1, -0.05) is 0 Å². The van der Waals surface area contributed by atoms with Crippen LogP contribution in [0.25, 0.3) is 0 Å². The second-order valence-corrected chi connectivity index (χ2v) is 9.85. The summed E-state index contributed by atoms with van der Waals surface area (Å²) >= 11 is 0. The maximum atomic E-state index is 13.1. The number of anilines is 3. The van der Waals surface area contributed by atoms with E-state index in [4.69, 9.17) is 0 Å². The molecule has 1 saturated carbocycles. The van der Waals surface area contributed by atoms with Crippen molar-refractivity contribution in [3.63, 3.8) is 0 Å². The van der Waals surface area contributed by atoms with E-state index < -0.39 is 17.1 Å². The molecule has 178 valence electrons. The number of nitriles is 1. The number of β-amino-alcohol motifs (C(OH)–C–C–N with tert-alkyl or cyclic N) is 1. The number of carbonyl (C=O) groups is 2. The molecule has 2 aromatic rings. The molecule has 2 N–H and O–H groups in total. The third kappa shape index (κ3) is 3.68. The Kier molecular flexibility index (Phi) is 5.28. The van der Waals surface area contributed by atoms with E-state index in [1.165, 1.54) is 0 Å². The Balaban J connectivity index is 1.30. The Morgan fingerprint density at radius 2 is 2.12 bits per heavy atom. The predicted molar refractivity (Wildman–Crippen MR) is 122 cm³/mol. The van der Waals surface area contributed by atoms with Crippen molar-refractivity contribution in [3.8, 4) is 6.07 Å². The normalized spacial score (nSPS) is 25.0. The van der Waals surface area contributed by atoms with Crippen molar-refractivity contribution >= 4 is 29.3 Å². The van der Waals surface area contributed by atoms with Crippen LogP contribution >= 0.6 is 0 Å². The maximum Gasteiger partial charge on any atom is 0.250 e. The lowest BCUT2D eigenvalue weighted by Gasteiger charge is -2.29. The summed E-state index contributed by atoms with van der Waals surface area (Å²) in [5.74, 6) is 0.604. The Morgan fingerprint density at radius 1 is 1.32 bits per heavy atom. The van der Waals surface area contributed by atoms with Crippen LogP contribution in [0.1, 0.15) is 39.5 Å². The number of nitrogens with one attached hydrogen (secondary N) is 1. The smallest absolute Gasteiger partial charge is 0.250 e. The molecule has 2 aromatic heterocycles. The van der Waals surface area contributed by atoms with Gasteiger partial charge in [-0.2, -0.15) is 15.3 Å². The van der Waals surface area contributed by atoms with E-state index in [0.29, 0.717) is 44.0 Å². The molecular weight excluding hydrogens is 436 g/mol. The minimum absolute atomic E-state index is 0.110. The Bertz CT molecular complexity index is 1170. The largest absolute Gasteiger partial charge is 0.391 e. The van der Waals surface area contributed by atoms with Crippen molar-refractivity contribution in [2.75, 3.05) is 29.9 Å². The lowest BCUT2D eigenvalue weighted by atomic mass is 9.83. The molecule has 5 rings (SSSR count). The first-order chi connectivity index (χ1) is 16.2. The number of hydrogen-bond acceptors (Lipinski definition) is 8. The number of aliphatic hydroxyl groups excluding tert-OH is 1. The van der Waals surface area contributed by atoms with Gasteiger partial charge < -0.3 is 15.3 Å². The second-order valence-electron chi connectivity index (χ2n) is 9.85. The van der Waals surface area contributed by atoms with Gasteiger partial charge in [0.1, 0.15) is 16.8 Å². The number of rotatable bonds is 6. The third-order valence-corrected chi connectivity index (χ3v) is 7.13. The standard InChI is InChI=1S/C23H28N8O3/c1-22(2,19(33)29-9-6-17(32)13-29)31-12-16(11-26-31)27-21-25-8-5-18(28-21)30-10-7-23(14-24,20(30)34)15-3-4-15/h5,8,11-12,15,17,32H,3-4,6-7,9-10,13H2,1-2H3,(H,25,27,28)/t17-,23-/m1/s1. The second kappa shape index (κ2) is 8.06. The molecule has 34 heavy (non-hydrogen) atoms. The van der Waals surface area contributed by atoms with E-state index >= 15 is 0 Å². The molecule has 3 fully saturated rings. The van der Waals surface area contributed by atoms with E-state index in [1.807, 2.05) is 0 Å². The molecule has 0 spiro atoms. The van der Waals surface area contributed by atoms with Gasteiger partial charge in [-0.05, 0) is 51.5 Å². The number of aliphatic hydroxyl groups is 1. The topological polar surface area (TPSA) is 140 Å². The minimum Gasteiger partial charge on any atom is -0.391 e. The number of nitrogens with zero attached hydrogens (tertiary/aromatic N) is 7. The predicted octanol–water partition coefficient (Wildman–Crippen LogP) is 1.40. The van der Waals surface area contributed by atoms with Crippen LogP contribution in [-0.4, -0.2) is 67.3 Å². The summed E-state index contributed by atoms with van der Waals surface area (Å²) in [6, 6.07) is 3.95. The van der Waals surface area contributed by atoms with Gasteiger partial charge in [-0.15, -0.1) is 0 Å². The molecule has 4 heterocycles. The van der Waals surface area contributed by atoms with Crippen LogP contribution in [0, 0.1) is 22.7 Å². The first-order valence-electron chi connectivity index (χ1n) is 11.6. The molecule has 0 aromatic carbocycles. The Labute approximate surface area is 197 Å². The summed E-state index contributed by atoms with van der Waals surface area (Å²) in [4.78, 5) is 38.0. The minimum atomic E-state index is -0.932. The molecule has 11 heteroatoms. The average molecular weight is 465 g/mol. The van der Waals surface area contributed by atoms with Crippen LogP contribution in [-0.2, 0) is 15.1 Å². The maximum absolute atomic E-state index is 13.1. The zero-order valence-corrected chi connectivity index (χ0v) is 19.3. The number of carbonyl (C=O) groups excluding carboxylic acids is 2. The van der Waals surface area contributed by atoms with E-state index in [-0.39, 0.29) is 23.7 Å². The van der Waals surface area contributed by atoms with Crippen molar-refractivity contribution in [3.05, 3.63) is 24.7 Å². The zero-order chi connectivity index (χ0) is 24.1. The van der Waals surface area contributed by atoms with Gasteiger partial charge in [0, 0.05) is 32.0 Å². The summed E-state index contributed by atoms with van der Waals surface area (Å²) in [5, 5.41) is 26.9. The number of hydrogen-bond donors (Lipinski definition) is 2. The highest BCUT2D eigenvalue weighted by Crippen LogP contribution is 2.51. The van der Waals surface area contributed by atoms with Gasteiger partial charge in [0.2, 0.25) is 17.8 Å². The highest BCUT2D eigenvalue weighted by Gasteiger charge is 2.57.